The number of carbonyl (C=O) groups is 3. The number of carbonyl (C=O) groups excluding carboxylic acids is 3. The van der Waals surface area contributed by atoms with E-state index < -0.39 is 18.2 Å². The molecule has 1 aliphatic rings. The van der Waals surface area contributed by atoms with E-state index in [0.29, 0.717) is 23.4 Å². The smallest absolute Gasteiger partial charge is 0.411 e. The zero-order valence-corrected chi connectivity index (χ0v) is 18.8. The second kappa shape index (κ2) is 10.6. The van der Waals surface area contributed by atoms with Crippen molar-refractivity contribution in [1.82, 2.24) is 15.2 Å². The zero-order valence-electron chi connectivity index (χ0n) is 18.8. The Bertz CT molecular complexity index is 1150. The van der Waals surface area contributed by atoms with Gasteiger partial charge in [-0.15, -0.1) is 0 Å². The average molecular weight is 459 g/mol. The number of anilines is 1. The summed E-state index contributed by atoms with van der Waals surface area (Å²) in [6.45, 7) is 2.22. The molecule has 2 unspecified atom stereocenters. The molecule has 2 heterocycles. The Balaban J connectivity index is 1.61. The number of hydrogen-bond acceptors (Lipinski definition) is 5. The van der Waals surface area contributed by atoms with Crippen LogP contribution in [0.25, 0.3) is 0 Å². The van der Waals surface area contributed by atoms with Crippen molar-refractivity contribution in [2.75, 3.05) is 5.32 Å². The lowest BCUT2D eigenvalue weighted by atomic mass is 10.00. The lowest BCUT2D eigenvalue weighted by Crippen LogP contribution is -2.46. The highest BCUT2D eigenvalue weighted by Crippen LogP contribution is 2.35. The van der Waals surface area contributed by atoms with E-state index in [4.69, 9.17) is 4.74 Å². The number of aromatic nitrogens is 1. The normalized spacial score (nSPS) is 17.2. The van der Waals surface area contributed by atoms with Crippen molar-refractivity contribution in [3.8, 4) is 0 Å². The lowest BCUT2D eigenvalue weighted by Gasteiger charge is -2.24. The first-order valence-electron chi connectivity index (χ1n) is 11.1. The molecule has 0 aliphatic carbocycles. The van der Waals surface area contributed by atoms with Gasteiger partial charge in [-0.05, 0) is 35.4 Å². The highest BCUT2D eigenvalue weighted by Gasteiger charge is 2.47. The van der Waals surface area contributed by atoms with Crippen LogP contribution in [0.5, 0.6) is 0 Å². The van der Waals surface area contributed by atoms with Gasteiger partial charge in [-0.1, -0.05) is 55.5 Å². The predicted molar refractivity (Wildman–Crippen MR) is 126 cm³/mol. The first-order chi connectivity index (χ1) is 16.5. The molecule has 3 amide bonds. The van der Waals surface area contributed by atoms with Crippen molar-refractivity contribution in [3.05, 3.63) is 95.8 Å². The highest BCUT2D eigenvalue weighted by molar-refractivity contribution is 5.91. The quantitative estimate of drug-likeness (QED) is 0.535. The van der Waals surface area contributed by atoms with Crippen LogP contribution in [0.1, 0.15) is 36.3 Å². The molecule has 8 nitrogen and oxygen atoms in total. The van der Waals surface area contributed by atoms with Gasteiger partial charge in [0.1, 0.15) is 0 Å². The number of rotatable bonds is 8. The summed E-state index contributed by atoms with van der Waals surface area (Å²) in [5.41, 5.74) is 2.79. The third kappa shape index (κ3) is 5.40. The summed E-state index contributed by atoms with van der Waals surface area (Å²) >= 11 is 0. The molecule has 0 bridgehead atoms. The summed E-state index contributed by atoms with van der Waals surface area (Å²) in [5.74, 6) is -0.476. The molecule has 0 saturated carbocycles. The van der Waals surface area contributed by atoms with Crippen molar-refractivity contribution < 1.29 is 19.1 Å². The van der Waals surface area contributed by atoms with E-state index in [9.17, 15) is 14.4 Å². The number of hydrogen-bond donors (Lipinski definition) is 2. The van der Waals surface area contributed by atoms with Gasteiger partial charge in [0.2, 0.25) is 11.8 Å². The Labute approximate surface area is 198 Å². The summed E-state index contributed by atoms with van der Waals surface area (Å²) in [6, 6.07) is 21.0. The minimum Gasteiger partial charge on any atom is -0.438 e. The maximum absolute atomic E-state index is 13.4. The molecule has 1 fully saturated rings. The molecule has 3 aromatic rings. The van der Waals surface area contributed by atoms with Crippen LogP contribution in [-0.2, 0) is 27.4 Å². The molecule has 0 spiro atoms. The largest absolute Gasteiger partial charge is 0.438 e. The third-order valence-corrected chi connectivity index (χ3v) is 5.54. The summed E-state index contributed by atoms with van der Waals surface area (Å²) in [4.78, 5) is 43.8. The van der Waals surface area contributed by atoms with Crippen LogP contribution in [-0.4, -0.2) is 33.8 Å². The molecule has 1 saturated heterocycles. The van der Waals surface area contributed by atoms with E-state index >= 15 is 0 Å². The predicted octanol–water partition coefficient (Wildman–Crippen LogP) is 3.81. The Morgan fingerprint density at radius 1 is 1.03 bits per heavy atom. The first kappa shape index (κ1) is 23.0. The molecule has 0 radical (unpaired) electrons. The summed E-state index contributed by atoms with van der Waals surface area (Å²) in [6.07, 6.45) is 0.587. The highest BCUT2D eigenvalue weighted by atomic mass is 16.6. The molecule has 174 valence electrons. The second-order valence-corrected chi connectivity index (χ2v) is 7.93. The van der Waals surface area contributed by atoms with Gasteiger partial charge in [0.25, 0.3) is 0 Å². The standard InChI is InChI=1S/C26H26N4O4/c1-2-22(31)29-20-13-8-11-19(15-20)24-23(25(32)28-16-21-12-6-7-14-27-21)30(26(33)34-24)17-18-9-4-3-5-10-18/h3-15,23-24H,2,16-17H2,1H3,(H,28,32)(H,29,31). The molecule has 4 rings (SSSR count). The van der Waals surface area contributed by atoms with Crippen molar-refractivity contribution in [3.63, 3.8) is 0 Å². The van der Waals surface area contributed by atoms with Gasteiger partial charge in [-0.2, -0.15) is 0 Å². The number of amides is 3. The van der Waals surface area contributed by atoms with E-state index in [2.05, 4.69) is 15.6 Å². The van der Waals surface area contributed by atoms with Crippen molar-refractivity contribution >= 4 is 23.6 Å². The van der Waals surface area contributed by atoms with Crippen molar-refractivity contribution in [2.45, 2.75) is 38.6 Å². The van der Waals surface area contributed by atoms with Gasteiger partial charge in [0.05, 0.1) is 18.8 Å². The van der Waals surface area contributed by atoms with Gasteiger partial charge >= 0.3 is 6.09 Å². The van der Waals surface area contributed by atoms with E-state index in [-0.39, 0.29) is 24.9 Å². The molecule has 34 heavy (non-hydrogen) atoms. The van der Waals surface area contributed by atoms with Crippen molar-refractivity contribution in [1.29, 1.82) is 0 Å². The molecule has 1 aliphatic heterocycles. The number of benzene rings is 2. The van der Waals surface area contributed by atoms with Gasteiger partial charge in [-0.25, -0.2) is 4.79 Å². The summed E-state index contributed by atoms with van der Waals surface area (Å²) < 4.78 is 5.70. The van der Waals surface area contributed by atoms with E-state index in [1.165, 1.54) is 4.90 Å². The number of nitrogens with one attached hydrogen (secondary N) is 2. The molecular weight excluding hydrogens is 432 g/mol. The van der Waals surface area contributed by atoms with Crippen LogP contribution in [0.3, 0.4) is 0 Å². The second-order valence-electron chi connectivity index (χ2n) is 7.93. The molecule has 1 aromatic heterocycles. The fourth-order valence-corrected chi connectivity index (χ4v) is 3.82. The summed E-state index contributed by atoms with van der Waals surface area (Å²) in [7, 11) is 0. The Kier molecular flexibility index (Phi) is 7.17. The molecule has 2 N–H and O–H groups in total. The Hall–Kier alpha value is -4.20. The maximum atomic E-state index is 13.4. The SMILES string of the molecule is CCC(=O)Nc1cccc(C2OC(=O)N(Cc3ccccc3)C2C(=O)NCc2ccccn2)c1. The molecule has 2 atom stereocenters. The minimum absolute atomic E-state index is 0.129. The lowest BCUT2D eigenvalue weighted by molar-refractivity contribution is -0.126. The number of cyclic esters (lactones) is 1. The van der Waals surface area contributed by atoms with Crippen LogP contribution in [0, 0.1) is 0 Å². The monoisotopic (exact) mass is 458 g/mol. The van der Waals surface area contributed by atoms with Gasteiger partial charge in [0, 0.05) is 18.3 Å². The Morgan fingerprint density at radius 3 is 2.56 bits per heavy atom. The topological polar surface area (TPSA) is 101 Å². The minimum atomic E-state index is -0.895. The molecule has 2 aromatic carbocycles. The maximum Gasteiger partial charge on any atom is 0.411 e. The summed E-state index contributed by atoms with van der Waals surface area (Å²) in [5, 5.41) is 5.69. The fraction of sp³-hybridized carbons (Fsp3) is 0.231. The van der Waals surface area contributed by atoms with Gasteiger partial charge in [0.15, 0.2) is 12.1 Å². The van der Waals surface area contributed by atoms with Gasteiger partial charge in [-0.3, -0.25) is 19.5 Å². The van der Waals surface area contributed by atoms with E-state index in [1.54, 1.807) is 43.5 Å². The number of nitrogens with zero attached hydrogens (tertiary/aromatic N) is 2. The first-order valence-corrected chi connectivity index (χ1v) is 11.1. The van der Waals surface area contributed by atoms with E-state index in [1.807, 2.05) is 42.5 Å². The van der Waals surface area contributed by atoms with Crippen molar-refractivity contribution in [2.24, 2.45) is 0 Å². The third-order valence-electron chi connectivity index (χ3n) is 5.54. The zero-order chi connectivity index (χ0) is 23.9. The van der Waals surface area contributed by atoms with E-state index in [0.717, 1.165) is 5.56 Å². The average Bonchev–Trinajstić information content (AvgIpc) is 3.19. The fourth-order valence-electron chi connectivity index (χ4n) is 3.82. The van der Waals surface area contributed by atoms with Gasteiger partial charge < -0.3 is 15.4 Å². The Morgan fingerprint density at radius 2 is 1.82 bits per heavy atom. The van der Waals surface area contributed by atoms with Crippen LogP contribution < -0.4 is 10.6 Å². The number of pyridine rings is 1. The van der Waals surface area contributed by atoms with Crippen LogP contribution in [0.2, 0.25) is 0 Å². The van der Waals surface area contributed by atoms with Crippen LogP contribution >= 0.6 is 0 Å². The molecule has 8 heteroatoms. The van der Waals surface area contributed by atoms with Crippen LogP contribution in [0.15, 0.2) is 79.0 Å². The van der Waals surface area contributed by atoms with Crippen LogP contribution in [0.4, 0.5) is 10.5 Å². The number of ether oxygens (including phenoxy) is 1. The molecular formula is C26H26N4O4.